The molecule has 2 aliphatic rings. The quantitative estimate of drug-likeness (QED) is 0.367. The number of nitrogens with one attached hydrogen (secondary N) is 1. The highest BCUT2D eigenvalue weighted by molar-refractivity contribution is 5.83. The maximum absolute atomic E-state index is 14.2. The molecule has 0 saturated carbocycles. The molecular weight excluding hydrogens is 520 g/mol. The predicted octanol–water partition coefficient (Wildman–Crippen LogP) is 4.28. The fourth-order valence-electron chi connectivity index (χ4n) is 4.99. The zero-order chi connectivity index (χ0) is 27.8. The third-order valence-corrected chi connectivity index (χ3v) is 6.74. The van der Waals surface area contributed by atoms with Crippen molar-refractivity contribution in [1.29, 1.82) is 0 Å². The van der Waals surface area contributed by atoms with Gasteiger partial charge in [0.25, 0.3) is 0 Å². The molecule has 6 rings (SSSR count). The van der Waals surface area contributed by atoms with Gasteiger partial charge in [0.15, 0.2) is 17.5 Å². The molecule has 0 aliphatic carbocycles. The van der Waals surface area contributed by atoms with Crippen molar-refractivity contribution >= 4 is 23.5 Å². The molecule has 40 heavy (non-hydrogen) atoms. The van der Waals surface area contributed by atoms with Crippen LogP contribution in [0.3, 0.4) is 0 Å². The van der Waals surface area contributed by atoms with Crippen LogP contribution >= 0.6 is 0 Å². The lowest BCUT2D eigenvalue weighted by atomic mass is 10.1. The number of carbonyl (C=O) groups is 1. The van der Waals surface area contributed by atoms with E-state index >= 15 is 0 Å². The molecule has 1 amide bonds. The van der Waals surface area contributed by atoms with E-state index in [9.17, 15) is 13.6 Å². The van der Waals surface area contributed by atoms with Crippen molar-refractivity contribution in [1.82, 2.24) is 35.5 Å². The first-order valence-electron chi connectivity index (χ1n) is 12.7. The minimum atomic E-state index is -0.931. The Balaban J connectivity index is 1.40. The number of fused-ring (bicyclic) bond motifs is 5. The standard InChI is InChI=1S/C27H25F2N9O2/c1-16(2)40-27(39)31-18-6-5-11-36(15-18)26-30-13-19-24(32-26)37(14-17-9-10-20(28)21(29)12-17)22-7-3-4-8-23(22)38-25(19)33-34-35-38/h3-4,7-10,12-13,18H,1,5-6,11,14-15H2,2H3,(H,31,39). The number of piperidine rings is 1. The van der Waals surface area contributed by atoms with Gasteiger partial charge in [0, 0.05) is 31.9 Å². The lowest BCUT2D eigenvalue weighted by molar-refractivity contribution is 0.170. The molecule has 2 aliphatic heterocycles. The van der Waals surface area contributed by atoms with E-state index < -0.39 is 17.7 Å². The Labute approximate surface area is 228 Å². The first-order valence-corrected chi connectivity index (χ1v) is 12.7. The number of hydrogen-bond donors (Lipinski definition) is 1. The molecule has 4 heterocycles. The summed E-state index contributed by atoms with van der Waals surface area (Å²) in [5.41, 5.74) is 2.54. The van der Waals surface area contributed by atoms with Gasteiger partial charge in [-0.25, -0.2) is 18.6 Å². The van der Waals surface area contributed by atoms with Gasteiger partial charge in [-0.3, -0.25) is 0 Å². The number of allylic oxidation sites excluding steroid dienone is 1. The van der Waals surface area contributed by atoms with Crippen molar-refractivity contribution in [3.63, 3.8) is 0 Å². The Morgan fingerprint density at radius 3 is 2.80 bits per heavy atom. The minimum absolute atomic E-state index is 0.172. The van der Waals surface area contributed by atoms with Crippen molar-refractivity contribution in [2.24, 2.45) is 0 Å². The Kier molecular flexibility index (Phi) is 6.54. The molecule has 11 nitrogen and oxygen atoms in total. The van der Waals surface area contributed by atoms with E-state index in [0.29, 0.717) is 53.3 Å². The van der Waals surface area contributed by atoms with Gasteiger partial charge in [-0.05, 0) is 60.0 Å². The summed E-state index contributed by atoms with van der Waals surface area (Å²) < 4.78 is 34.5. The number of aromatic nitrogens is 6. The fourth-order valence-corrected chi connectivity index (χ4v) is 4.99. The lowest BCUT2D eigenvalue weighted by Gasteiger charge is -2.33. The van der Waals surface area contributed by atoms with Gasteiger partial charge in [-0.2, -0.15) is 9.67 Å². The molecule has 0 radical (unpaired) electrons. The van der Waals surface area contributed by atoms with Crippen molar-refractivity contribution < 1.29 is 18.3 Å². The highest BCUT2D eigenvalue weighted by Crippen LogP contribution is 2.41. The molecule has 1 fully saturated rings. The smallest absolute Gasteiger partial charge is 0.412 e. The van der Waals surface area contributed by atoms with Crippen LogP contribution in [0.4, 0.5) is 31.0 Å². The molecule has 0 bridgehead atoms. The number of amides is 1. The number of ether oxygens (including phenoxy) is 1. The average molecular weight is 546 g/mol. The van der Waals surface area contributed by atoms with Crippen LogP contribution in [0.25, 0.3) is 17.1 Å². The van der Waals surface area contributed by atoms with Crippen molar-refractivity contribution in [3.8, 4) is 17.1 Å². The number of alkyl carbamates (subject to hydrolysis) is 1. The number of hydrogen-bond acceptors (Lipinski definition) is 9. The normalized spacial score (nSPS) is 15.9. The monoisotopic (exact) mass is 545 g/mol. The van der Waals surface area contributed by atoms with Crippen LogP contribution in [-0.2, 0) is 11.3 Å². The first kappa shape index (κ1) is 25.3. The number of carbonyl (C=O) groups excluding carboxylic acids is 1. The number of halogens is 2. The summed E-state index contributed by atoms with van der Waals surface area (Å²) in [6, 6.07) is 11.2. The number of tetrazole rings is 1. The zero-order valence-corrected chi connectivity index (χ0v) is 21.6. The number of rotatable bonds is 5. The van der Waals surface area contributed by atoms with Crippen molar-refractivity contribution in [2.75, 3.05) is 22.9 Å². The maximum Gasteiger partial charge on any atom is 0.412 e. The Morgan fingerprint density at radius 1 is 1.18 bits per heavy atom. The molecule has 0 spiro atoms. The molecule has 1 atom stereocenters. The maximum atomic E-state index is 14.2. The van der Waals surface area contributed by atoms with Crippen LogP contribution in [0.15, 0.2) is 61.0 Å². The van der Waals surface area contributed by atoms with Gasteiger partial charge in [-0.15, -0.1) is 5.10 Å². The summed E-state index contributed by atoms with van der Waals surface area (Å²) in [4.78, 5) is 25.6. The van der Waals surface area contributed by atoms with E-state index in [1.54, 1.807) is 17.8 Å². The van der Waals surface area contributed by atoms with Gasteiger partial charge < -0.3 is 19.9 Å². The van der Waals surface area contributed by atoms with Crippen LogP contribution in [-0.4, -0.2) is 55.4 Å². The Morgan fingerprint density at radius 2 is 2.00 bits per heavy atom. The Bertz CT molecular complexity index is 1610. The van der Waals surface area contributed by atoms with E-state index in [-0.39, 0.29) is 12.6 Å². The largest absolute Gasteiger partial charge is 0.416 e. The summed E-state index contributed by atoms with van der Waals surface area (Å²) in [7, 11) is 0. The van der Waals surface area contributed by atoms with Crippen molar-refractivity contribution in [2.45, 2.75) is 32.4 Å². The molecule has 2 aromatic heterocycles. The minimum Gasteiger partial charge on any atom is -0.416 e. The number of nitrogens with zero attached hydrogens (tertiary/aromatic N) is 8. The van der Waals surface area contributed by atoms with Gasteiger partial charge in [0.2, 0.25) is 5.95 Å². The third kappa shape index (κ3) is 4.81. The topological polar surface area (TPSA) is 114 Å². The molecule has 2 aromatic carbocycles. The zero-order valence-electron chi connectivity index (χ0n) is 21.6. The summed E-state index contributed by atoms with van der Waals surface area (Å²) in [6.07, 6.45) is 2.69. The molecule has 4 aromatic rings. The lowest BCUT2D eigenvalue weighted by Crippen LogP contribution is -2.48. The van der Waals surface area contributed by atoms with Crippen molar-refractivity contribution in [3.05, 3.63) is 78.2 Å². The van der Waals surface area contributed by atoms with Gasteiger partial charge in [0.05, 0.1) is 22.7 Å². The second-order valence-electron chi connectivity index (χ2n) is 9.67. The van der Waals surface area contributed by atoms with Crippen LogP contribution in [0.2, 0.25) is 0 Å². The fraction of sp³-hybridized carbons (Fsp3) is 0.259. The van der Waals surface area contributed by atoms with Gasteiger partial charge in [-0.1, -0.05) is 24.8 Å². The average Bonchev–Trinajstić information content (AvgIpc) is 3.39. The third-order valence-electron chi connectivity index (χ3n) is 6.74. The molecular formula is C27H25F2N9O2. The van der Waals surface area contributed by atoms with E-state index in [4.69, 9.17) is 9.72 Å². The highest BCUT2D eigenvalue weighted by Gasteiger charge is 2.31. The SMILES string of the molecule is C=C(C)OC(=O)NC1CCCN(c2ncc3c(n2)N(Cc2ccc(F)c(F)c2)c2ccccc2-n2nnnc2-3)C1. The molecule has 13 heteroatoms. The van der Waals surface area contributed by atoms with E-state index in [2.05, 4.69) is 32.4 Å². The summed E-state index contributed by atoms with van der Waals surface area (Å²) >= 11 is 0. The van der Waals surface area contributed by atoms with Gasteiger partial charge >= 0.3 is 6.09 Å². The Hall–Kier alpha value is -4.94. The van der Waals surface area contributed by atoms with Crippen LogP contribution in [0, 0.1) is 11.6 Å². The van der Waals surface area contributed by atoms with E-state index in [1.165, 1.54) is 12.1 Å². The van der Waals surface area contributed by atoms with E-state index in [0.717, 1.165) is 24.6 Å². The van der Waals surface area contributed by atoms with Crippen LogP contribution in [0.1, 0.15) is 25.3 Å². The predicted molar refractivity (Wildman–Crippen MR) is 142 cm³/mol. The molecule has 204 valence electrons. The van der Waals surface area contributed by atoms with Crippen LogP contribution < -0.4 is 15.1 Å². The molecule has 1 unspecified atom stereocenters. The van der Waals surface area contributed by atoms with Crippen LogP contribution in [0.5, 0.6) is 0 Å². The first-order chi connectivity index (χ1) is 19.4. The second-order valence-corrected chi connectivity index (χ2v) is 9.67. The number of benzene rings is 2. The van der Waals surface area contributed by atoms with E-state index in [1.807, 2.05) is 34.1 Å². The number of para-hydroxylation sites is 2. The number of anilines is 3. The molecule has 1 saturated heterocycles. The highest BCUT2D eigenvalue weighted by atomic mass is 19.2. The summed E-state index contributed by atoms with van der Waals surface area (Å²) in [5.74, 6) is -0.133. The molecule has 1 N–H and O–H groups in total. The summed E-state index contributed by atoms with van der Waals surface area (Å²) in [5, 5.41) is 15.2. The van der Waals surface area contributed by atoms with Gasteiger partial charge in [0.1, 0.15) is 5.82 Å². The summed E-state index contributed by atoms with van der Waals surface area (Å²) in [6.45, 7) is 6.55. The second kappa shape index (κ2) is 10.3.